The van der Waals surface area contributed by atoms with E-state index in [0.29, 0.717) is 17.8 Å². The van der Waals surface area contributed by atoms with Gasteiger partial charge in [0.05, 0.1) is 17.1 Å². The molecule has 0 fully saturated rings. The number of rotatable bonds is 2. The molecule has 0 bridgehead atoms. The normalized spacial score (nSPS) is 11.3. The third-order valence-corrected chi connectivity index (χ3v) is 1.45. The molecule has 4 heteroatoms. The van der Waals surface area contributed by atoms with Crippen molar-refractivity contribution < 1.29 is 9.90 Å². The average Bonchev–Trinajstić information content (AvgIpc) is 2.03. The smallest absolute Gasteiger partial charge is 0.153 e. The van der Waals surface area contributed by atoms with Gasteiger partial charge in [0.1, 0.15) is 5.75 Å². The van der Waals surface area contributed by atoms with Gasteiger partial charge in [0.15, 0.2) is 6.29 Å². The minimum atomic E-state index is -0.0856. The lowest BCUT2D eigenvalue weighted by Crippen LogP contribution is -2.03. The molecule has 13 heavy (non-hydrogen) atoms. The fourth-order valence-corrected chi connectivity index (χ4v) is 0.905. The van der Waals surface area contributed by atoms with Crippen LogP contribution >= 0.6 is 0 Å². The van der Waals surface area contributed by atoms with Crippen LogP contribution in [0.25, 0.3) is 0 Å². The molecule has 0 heterocycles. The first-order valence-electron chi connectivity index (χ1n) is 3.72. The van der Waals surface area contributed by atoms with E-state index in [1.807, 2.05) is 0 Å². The molecule has 4 nitrogen and oxygen atoms in total. The second-order valence-corrected chi connectivity index (χ2v) is 2.61. The molecule has 0 atom stereocenters. The zero-order valence-corrected chi connectivity index (χ0v) is 7.19. The van der Waals surface area contributed by atoms with Crippen LogP contribution in [-0.4, -0.2) is 17.2 Å². The fraction of sp³-hybridized carbons (Fsp3) is 0.111. The Balaban J connectivity index is 3.10. The number of carbonyl (C=O) groups is 1. The topological polar surface area (TPSA) is 75.7 Å². The monoisotopic (exact) mass is 178 g/mol. The van der Waals surface area contributed by atoms with Crippen LogP contribution < -0.4 is 5.73 Å². The molecule has 0 aliphatic heterocycles. The molecule has 0 aliphatic rings. The first-order chi connectivity index (χ1) is 6.13. The van der Waals surface area contributed by atoms with Gasteiger partial charge in [-0.1, -0.05) is 0 Å². The minimum absolute atomic E-state index is 0.0856. The van der Waals surface area contributed by atoms with Crippen LogP contribution in [0.1, 0.15) is 17.3 Å². The fourth-order valence-electron chi connectivity index (χ4n) is 0.905. The van der Waals surface area contributed by atoms with Crippen molar-refractivity contribution in [2.75, 3.05) is 0 Å². The second kappa shape index (κ2) is 3.71. The van der Waals surface area contributed by atoms with E-state index in [0.717, 1.165) is 0 Å². The Bertz CT molecular complexity index is 355. The van der Waals surface area contributed by atoms with Crippen molar-refractivity contribution in [2.45, 2.75) is 6.92 Å². The molecule has 0 aromatic heterocycles. The highest BCUT2D eigenvalue weighted by molar-refractivity contribution is 5.83. The molecule has 0 saturated carbocycles. The van der Waals surface area contributed by atoms with E-state index in [1.54, 1.807) is 13.0 Å². The summed E-state index contributed by atoms with van der Waals surface area (Å²) in [7, 11) is 0. The van der Waals surface area contributed by atoms with Gasteiger partial charge >= 0.3 is 0 Å². The Morgan fingerprint density at radius 3 is 2.77 bits per heavy atom. The number of phenolic OH excluding ortho intramolecular Hbond substituents is 1. The SMILES string of the molecule is CC(N)=Nc1ccc(C=O)c(O)c1. The molecule has 1 rings (SSSR count). The number of aliphatic imine (C=N–C) groups is 1. The van der Waals surface area contributed by atoms with Gasteiger partial charge in [-0.3, -0.25) is 4.79 Å². The Morgan fingerprint density at radius 1 is 1.62 bits per heavy atom. The number of aldehydes is 1. The molecule has 0 radical (unpaired) electrons. The number of hydrogen-bond acceptors (Lipinski definition) is 3. The summed E-state index contributed by atoms with van der Waals surface area (Å²) in [5.41, 5.74) is 6.12. The Labute approximate surface area is 75.7 Å². The lowest BCUT2D eigenvalue weighted by atomic mass is 10.2. The number of nitrogens with two attached hydrogens (primary N) is 1. The summed E-state index contributed by atoms with van der Waals surface area (Å²) < 4.78 is 0. The van der Waals surface area contributed by atoms with Crippen molar-refractivity contribution in [3.8, 4) is 5.75 Å². The number of carbonyl (C=O) groups excluding carboxylic acids is 1. The van der Waals surface area contributed by atoms with Crippen molar-refractivity contribution in [2.24, 2.45) is 10.7 Å². The van der Waals surface area contributed by atoms with Gasteiger partial charge in [-0.15, -0.1) is 0 Å². The van der Waals surface area contributed by atoms with Crippen LogP contribution in [0.2, 0.25) is 0 Å². The molecular weight excluding hydrogens is 168 g/mol. The van der Waals surface area contributed by atoms with Crippen LogP contribution in [0, 0.1) is 0 Å². The van der Waals surface area contributed by atoms with Crippen LogP contribution in [0.3, 0.4) is 0 Å². The van der Waals surface area contributed by atoms with Gasteiger partial charge in [0.2, 0.25) is 0 Å². The summed E-state index contributed by atoms with van der Waals surface area (Å²) in [5.74, 6) is 0.316. The van der Waals surface area contributed by atoms with Crippen LogP contribution in [0.15, 0.2) is 23.2 Å². The highest BCUT2D eigenvalue weighted by Crippen LogP contribution is 2.22. The average molecular weight is 178 g/mol. The van der Waals surface area contributed by atoms with Crippen LogP contribution in [-0.2, 0) is 0 Å². The summed E-state index contributed by atoms with van der Waals surface area (Å²) >= 11 is 0. The molecule has 68 valence electrons. The number of benzene rings is 1. The van der Waals surface area contributed by atoms with Crippen LogP contribution in [0.5, 0.6) is 5.75 Å². The van der Waals surface area contributed by atoms with Gasteiger partial charge in [0.25, 0.3) is 0 Å². The number of phenols is 1. The molecule has 0 saturated heterocycles. The van der Waals surface area contributed by atoms with E-state index in [4.69, 9.17) is 5.73 Å². The summed E-state index contributed by atoms with van der Waals surface area (Å²) in [5, 5.41) is 9.26. The van der Waals surface area contributed by atoms with Crippen LogP contribution in [0.4, 0.5) is 5.69 Å². The first-order valence-corrected chi connectivity index (χ1v) is 3.72. The zero-order valence-electron chi connectivity index (χ0n) is 7.19. The van der Waals surface area contributed by atoms with Gasteiger partial charge < -0.3 is 10.8 Å². The Morgan fingerprint density at radius 2 is 2.31 bits per heavy atom. The Hall–Kier alpha value is -1.84. The maximum Gasteiger partial charge on any atom is 0.153 e. The highest BCUT2D eigenvalue weighted by Gasteiger charge is 1.99. The van der Waals surface area contributed by atoms with Crippen molar-refractivity contribution in [3.63, 3.8) is 0 Å². The standard InChI is InChI=1S/C9H10N2O2/c1-6(10)11-8-3-2-7(5-12)9(13)4-8/h2-5,13H,1H3,(H2,10,11). The van der Waals surface area contributed by atoms with Gasteiger partial charge in [0, 0.05) is 6.07 Å². The maximum atomic E-state index is 10.3. The molecule has 0 amide bonds. The maximum absolute atomic E-state index is 10.3. The van der Waals surface area contributed by atoms with Gasteiger partial charge in [-0.25, -0.2) is 4.99 Å². The molecule has 0 aliphatic carbocycles. The van der Waals surface area contributed by atoms with E-state index in [1.165, 1.54) is 12.1 Å². The summed E-state index contributed by atoms with van der Waals surface area (Å²) in [6, 6.07) is 4.49. The number of amidine groups is 1. The zero-order chi connectivity index (χ0) is 9.84. The van der Waals surface area contributed by atoms with Gasteiger partial charge in [-0.2, -0.15) is 0 Å². The quantitative estimate of drug-likeness (QED) is 0.406. The summed E-state index contributed by atoms with van der Waals surface area (Å²) in [4.78, 5) is 14.3. The molecule has 0 spiro atoms. The highest BCUT2D eigenvalue weighted by atomic mass is 16.3. The summed E-state index contributed by atoms with van der Waals surface area (Å²) in [6.07, 6.45) is 0.581. The first kappa shape index (κ1) is 9.25. The minimum Gasteiger partial charge on any atom is -0.507 e. The number of aromatic hydroxyl groups is 1. The Kier molecular flexibility index (Phi) is 2.64. The van der Waals surface area contributed by atoms with E-state index >= 15 is 0 Å². The van der Waals surface area contributed by atoms with E-state index in [9.17, 15) is 9.90 Å². The second-order valence-electron chi connectivity index (χ2n) is 2.61. The predicted molar refractivity (Wildman–Crippen MR) is 50.5 cm³/mol. The molecule has 1 aromatic carbocycles. The summed E-state index contributed by atoms with van der Waals surface area (Å²) in [6.45, 7) is 1.64. The van der Waals surface area contributed by atoms with Crippen molar-refractivity contribution in [1.82, 2.24) is 0 Å². The number of nitrogens with zero attached hydrogens (tertiary/aromatic N) is 1. The van der Waals surface area contributed by atoms with Gasteiger partial charge in [-0.05, 0) is 19.1 Å². The molecular formula is C9H10N2O2. The molecule has 1 aromatic rings. The molecule has 3 N–H and O–H groups in total. The van der Waals surface area contributed by atoms with E-state index in [-0.39, 0.29) is 11.3 Å². The third-order valence-electron chi connectivity index (χ3n) is 1.45. The van der Waals surface area contributed by atoms with Crippen molar-refractivity contribution >= 4 is 17.8 Å². The van der Waals surface area contributed by atoms with E-state index in [2.05, 4.69) is 4.99 Å². The lowest BCUT2D eigenvalue weighted by Gasteiger charge is -1.98. The van der Waals surface area contributed by atoms with E-state index < -0.39 is 0 Å². The predicted octanol–water partition coefficient (Wildman–Crippen LogP) is 1.21. The van der Waals surface area contributed by atoms with Crippen molar-refractivity contribution in [3.05, 3.63) is 23.8 Å². The van der Waals surface area contributed by atoms with Crippen molar-refractivity contribution in [1.29, 1.82) is 0 Å². The third kappa shape index (κ3) is 2.30. The largest absolute Gasteiger partial charge is 0.507 e. The molecule has 0 unspecified atom stereocenters. The number of hydrogen-bond donors (Lipinski definition) is 2. The lowest BCUT2D eigenvalue weighted by molar-refractivity contribution is 0.112.